The third kappa shape index (κ3) is 2.46. The molecule has 78 valence electrons. The van der Waals surface area contributed by atoms with E-state index in [1.165, 1.54) is 25.3 Å². The van der Waals surface area contributed by atoms with Gasteiger partial charge < -0.3 is 14.9 Å². The zero-order valence-corrected chi connectivity index (χ0v) is 7.46. The lowest BCUT2D eigenvalue weighted by Crippen LogP contribution is -2.11. The van der Waals surface area contributed by atoms with E-state index in [2.05, 4.69) is 10.2 Å². The number of anilines is 1. The zero-order valence-electron chi connectivity index (χ0n) is 7.46. The highest BCUT2D eigenvalue weighted by atomic mass is 19.3. The van der Waals surface area contributed by atoms with Crippen LogP contribution < -0.4 is 20.7 Å². The topological polar surface area (TPSA) is 56.5 Å². The molecule has 0 saturated heterocycles. The standard InChI is InChI=1S/C8H10F2N2O2/c1-13-5-2-3-7(14-8(9)10)6(4-5)12-11/h2-4,8,12H,11H2,1H3. The van der Waals surface area contributed by atoms with Crippen LogP contribution in [-0.2, 0) is 0 Å². The van der Waals surface area contributed by atoms with Gasteiger partial charge in [0.05, 0.1) is 12.8 Å². The summed E-state index contributed by atoms with van der Waals surface area (Å²) in [5.74, 6) is 5.59. The third-order valence-electron chi connectivity index (χ3n) is 1.56. The van der Waals surface area contributed by atoms with Crippen LogP contribution in [0, 0.1) is 0 Å². The minimum atomic E-state index is -2.88. The first-order valence-corrected chi connectivity index (χ1v) is 3.77. The van der Waals surface area contributed by atoms with Gasteiger partial charge in [0.25, 0.3) is 0 Å². The fraction of sp³-hybridized carbons (Fsp3) is 0.250. The fourth-order valence-electron chi connectivity index (χ4n) is 0.948. The Morgan fingerprint density at radius 1 is 1.43 bits per heavy atom. The van der Waals surface area contributed by atoms with Crippen LogP contribution in [-0.4, -0.2) is 13.7 Å². The normalized spacial score (nSPS) is 10.1. The lowest BCUT2D eigenvalue weighted by molar-refractivity contribution is -0.0493. The lowest BCUT2D eigenvalue weighted by atomic mass is 10.3. The highest BCUT2D eigenvalue weighted by Crippen LogP contribution is 2.29. The van der Waals surface area contributed by atoms with Gasteiger partial charge >= 0.3 is 6.61 Å². The fourth-order valence-corrected chi connectivity index (χ4v) is 0.948. The number of hydrazine groups is 1. The molecule has 0 unspecified atom stereocenters. The zero-order chi connectivity index (χ0) is 10.6. The molecule has 6 heteroatoms. The third-order valence-corrected chi connectivity index (χ3v) is 1.56. The van der Waals surface area contributed by atoms with Crippen LogP contribution in [0.2, 0.25) is 0 Å². The van der Waals surface area contributed by atoms with Gasteiger partial charge in [-0.3, -0.25) is 5.84 Å². The van der Waals surface area contributed by atoms with Crippen molar-refractivity contribution in [3.63, 3.8) is 0 Å². The summed E-state index contributed by atoms with van der Waals surface area (Å²) in [4.78, 5) is 0. The Balaban J connectivity index is 2.93. The van der Waals surface area contributed by atoms with Gasteiger partial charge in [0, 0.05) is 6.07 Å². The van der Waals surface area contributed by atoms with E-state index in [1.807, 2.05) is 0 Å². The maximum absolute atomic E-state index is 11.9. The Labute approximate surface area is 79.6 Å². The molecule has 14 heavy (non-hydrogen) atoms. The van der Waals surface area contributed by atoms with Crippen LogP contribution in [0.1, 0.15) is 0 Å². The van der Waals surface area contributed by atoms with Gasteiger partial charge in [-0.15, -0.1) is 0 Å². The predicted octanol–water partition coefficient (Wildman–Crippen LogP) is 1.58. The molecule has 0 aliphatic carbocycles. The van der Waals surface area contributed by atoms with Gasteiger partial charge in [-0.25, -0.2) is 0 Å². The second-order valence-corrected chi connectivity index (χ2v) is 2.38. The van der Waals surface area contributed by atoms with Crippen LogP contribution in [0.4, 0.5) is 14.5 Å². The number of halogens is 2. The monoisotopic (exact) mass is 204 g/mol. The molecule has 1 rings (SSSR count). The van der Waals surface area contributed by atoms with Crippen LogP contribution in [0.15, 0.2) is 18.2 Å². The van der Waals surface area contributed by atoms with Crippen molar-refractivity contribution < 1.29 is 18.3 Å². The quantitative estimate of drug-likeness (QED) is 0.577. The highest BCUT2D eigenvalue weighted by Gasteiger charge is 2.09. The van der Waals surface area contributed by atoms with E-state index >= 15 is 0 Å². The minimum Gasteiger partial charge on any atom is -0.497 e. The van der Waals surface area contributed by atoms with Crippen LogP contribution in [0.3, 0.4) is 0 Å². The number of hydrogen-bond acceptors (Lipinski definition) is 4. The van der Waals surface area contributed by atoms with Gasteiger partial charge in [-0.1, -0.05) is 0 Å². The lowest BCUT2D eigenvalue weighted by Gasteiger charge is -2.11. The van der Waals surface area contributed by atoms with E-state index in [4.69, 9.17) is 10.6 Å². The van der Waals surface area contributed by atoms with Gasteiger partial charge in [0.1, 0.15) is 5.75 Å². The summed E-state index contributed by atoms with van der Waals surface area (Å²) >= 11 is 0. The van der Waals surface area contributed by atoms with Crippen LogP contribution in [0.25, 0.3) is 0 Å². The first kappa shape index (κ1) is 10.5. The van der Waals surface area contributed by atoms with Gasteiger partial charge in [-0.05, 0) is 12.1 Å². The summed E-state index contributed by atoms with van der Waals surface area (Å²) < 4.78 is 32.9. The van der Waals surface area contributed by atoms with E-state index in [1.54, 1.807) is 0 Å². The number of hydrogen-bond donors (Lipinski definition) is 2. The number of nitrogens with two attached hydrogens (primary N) is 1. The van der Waals surface area contributed by atoms with Crippen molar-refractivity contribution in [2.45, 2.75) is 6.61 Å². The van der Waals surface area contributed by atoms with Crippen molar-refractivity contribution in [2.75, 3.05) is 12.5 Å². The SMILES string of the molecule is COc1ccc(OC(F)F)c(NN)c1. The summed E-state index contributed by atoms with van der Waals surface area (Å²) in [5, 5.41) is 0. The number of rotatable bonds is 4. The van der Waals surface area contributed by atoms with E-state index in [0.29, 0.717) is 5.75 Å². The van der Waals surface area contributed by atoms with Gasteiger partial charge in [0.15, 0.2) is 5.75 Å². The molecule has 0 aliphatic rings. The Morgan fingerprint density at radius 3 is 2.64 bits per heavy atom. The van der Waals surface area contributed by atoms with Gasteiger partial charge in [0.2, 0.25) is 0 Å². The van der Waals surface area contributed by atoms with Crippen molar-refractivity contribution in [1.29, 1.82) is 0 Å². The number of alkyl halides is 2. The van der Waals surface area contributed by atoms with E-state index in [0.717, 1.165) is 0 Å². The highest BCUT2D eigenvalue weighted by molar-refractivity contribution is 5.58. The smallest absolute Gasteiger partial charge is 0.387 e. The summed E-state index contributed by atoms with van der Waals surface area (Å²) in [5.41, 5.74) is 2.48. The van der Waals surface area contributed by atoms with E-state index in [9.17, 15) is 8.78 Å². The van der Waals surface area contributed by atoms with Crippen molar-refractivity contribution in [3.8, 4) is 11.5 Å². The van der Waals surface area contributed by atoms with Crippen LogP contribution >= 0.6 is 0 Å². The molecule has 0 spiro atoms. The molecule has 0 saturated carbocycles. The average Bonchev–Trinajstić information content (AvgIpc) is 2.17. The Hall–Kier alpha value is -1.56. The molecule has 4 nitrogen and oxygen atoms in total. The molecule has 0 fully saturated rings. The molecule has 3 N–H and O–H groups in total. The second-order valence-electron chi connectivity index (χ2n) is 2.38. The molecule has 0 radical (unpaired) electrons. The molecule has 0 aliphatic heterocycles. The van der Waals surface area contributed by atoms with Crippen molar-refractivity contribution in [1.82, 2.24) is 0 Å². The number of nitrogens with one attached hydrogen (secondary N) is 1. The number of ether oxygens (including phenoxy) is 2. The summed E-state index contributed by atoms with van der Waals surface area (Å²) in [6.07, 6.45) is 0. The maximum atomic E-state index is 11.9. The molecule has 1 aromatic rings. The van der Waals surface area contributed by atoms with Crippen molar-refractivity contribution >= 4 is 5.69 Å². The van der Waals surface area contributed by atoms with Gasteiger partial charge in [-0.2, -0.15) is 8.78 Å². The summed E-state index contributed by atoms with van der Waals surface area (Å²) in [6.45, 7) is -2.88. The van der Waals surface area contributed by atoms with E-state index in [-0.39, 0.29) is 11.4 Å². The average molecular weight is 204 g/mol. The Morgan fingerprint density at radius 2 is 2.14 bits per heavy atom. The Kier molecular flexibility index (Phi) is 3.47. The summed E-state index contributed by atoms with van der Waals surface area (Å²) in [6, 6.07) is 4.30. The predicted molar refractivity (Wildman–Crippen MR) is 47.4 cm³/mol. The number of nitrogen functional groups attached to an aromatic ring is 1. The van der Waals surface area contributed by atoms with Crippen molar-refractivity contribution in [2.24, 2.45) is 5.84 Å². The summed E-state index contributed by atoms with van der Waals surface area (Å²) in [7, 11) is 1.46. The van der Waals surface area contributed by atoms with Crippen LogP contribution in [0.5, 0.6) is 11.5 Å². The molecular formula is C8H10F2N2O2. The van der Waals surface area contributed by atoms with E-state index < -0.39 is 6.61 Å². The molecule has 0 bridgehead atoms. The Bertz CT molecular complexity index is 307. The number of benzene rings is 1. The molecular weight excluding hydrogens is 194 g/mol. The molecule has 1 aromatic carbocycles. The largest absolute Gasteiger partial charge is 0.497 e. The number of methoxy groups -OCH3 is 1. The molecule has 0 aromatic heterocycles. The first-order chi connectivity index (χ1) is 6.67. The molecule has 0 atom stereocenters. The van der Waals surface area contributed by atoms with Crippen molar-refractivity contribution in [3.05, 3.63) is 18.2 Å². The second kappa shape index (κ2) is 4.61. The maximum Gasteiger partial charge on any atom is 0.387 e. The minimum absolute atomic E-state index is 0.0247. The molecule has 0 amide bonds. The molecule has 0 heterocycles. The first-order valence-electron chi connectivity index (χ1n) is 3.77.